The molecule has 0 saturated heterocycles. The van der Waals surface area contributed by atoms with E-state index in [4.69, 9.17) is 4.42 Å². The number of nitro benzene ring substituents is 1. The number of nitrogens with zero attached hydrogens (tertiary/aromatic N) is 2. The lowest BCUT2D eigenvalue weighted by Gasteiger charge is -2.08. The first-order valence-electron chi connectivity index (χ1n) is 6.42. The van der Waals surface area contributed by atoms with E-state index >= 15 is 0 Å². The molecule has 0 amide bonds. The van der Waals surface area contributed by atoms with Crippen molar-refractivity contribution < 1.29 is 9.34 Å². The normalized spacial score (nSPS) is 10.7. The fourth-order valence-electron chi connectivity index (χ4n) is 2.22. The highest BCUT2D eigenvalue weighted by Gasteiger charge is 2.10. The molecule has 3 rings (SSSR count). The van der Waals surface area contributed by atoms with Gasteiger partial charge in [-0.05, 0) is 17.7 Å². The molecule has 1 aromatic heterocycles. The monoisotopic (exact) mass is 298 g/mol. The predicted molar refractivity (Wildman–Crippen MR) is 78.9 cm³/mol. The zero-order chi connectivity index (χ0) is 15.7. The van der Waals surface area contributed by atoms with Crippen molar-refractivity contribution in [1.29, 1.82) is 0 Å². The van der Waals surface area contributed by atoms with Crippen LogP contribution in [0.2, 0.25) is 0 Å². The predicted octanol–water partition coefficient (Wildman–Crippen LogP) is 1.91. The molecule has 0 fully saturated rings. The maximum Gasteiger partial charge on any atom is 0.422 e. The first-order chi connectivity index (χ1) is 10.6. The van der Waals surface area contributed by atoms with Crippen LogP contribution in [0.3, 0.4) is 0 Å². The van der Waals surface area contributed by atoms with Gasteiger partial charge in [-0.3, -0.25) is 14.7 Å². The number of rotatable bonds is 3. The first-order valence-corrected chi connectivity index (χ1v) is 6.42. The number of fused-ring (bicyclic) bond motifs is 1. The molecule has 0 aliphatic carbocycles. The summed E-state index contributed by atoms with van der Waals surface area (Å²) in [6.45, 7) is 0.154. The minimum absolute atomic E-state index is 0.0273. The van der Waals surface area contributed by atoms with E-state index in [-0.39, 0.29) is 12.2 Å². The van der Waals surface area contributed by atoms with E-state index in [1.54, 1.807) is 36.4 Å². The van der Waals surface area contributed by atoms with Gasteiger partial charge in [0.2, 0.25) is 0 Å². The maximum atomic E-state index is 11.9. The van der Waals surface area contributed by atoms with Gasteiger partial charge in [0.05, 0.1) is 22.4 Å². The van der Waals surface area contributed by atoms with Crippen LogP contribution in [0.15, 0.2) is 62.5 Å². The van der Waals surface area contributed by atoms with Gasteiger partial charge in [0, 0.05) is 12.1 Å². The summed E-state index contributed by atoms with van der Waals surface area (Å²) < 4.78 is 6.02. The molecule has 22 heavy (non-hydrogen) atoms. The van der Waals surface area contributed by atoms with Crippen molar-refractivity contribution in [2.24, 2.45) is 0 Å². The second-order valence-corrected chi connectivity index (χ2v) is 4.68. The van der Waals surface area contributed by atoms with E-state index in [9.17, 15) is 19.7 Å². The molecule has 2 aromatic carbocycles. The van der Waals surface area contributed by atoms with Gasteiger partial charge in [-0.1, -0.05) is 24.3 Å². The highest BCUT2D eigenvalue weighted by molar-refractivity contribution is 5.77. The molecule has 7 heteroatoms. The third-order valence-corrected chi connectivity index (χ3v) is 3.30. The third-order valence-electron chi connectivity index (χ3n) is 3.30. The summed E-state index contributed by atoms with van der Waals surface area (Å²) in [5.74, 6) is -0.762. The summed E-state index contributed by atoms with van der Waals surface area (Å²) in [4.78, 5) is 33.7. The number of nitro groups is 1. The fraction of sp³-hybridized carbons (Fsp3) is 0.0667. The number of para-hydroxylation sites is 1. The van der Waals surface area contributed by atoms with Crippen molar-refractivity contribution in [3.8, 4) is 0 Å². The van der Waals surface area contributed by atoms with Gasteiger partial charge >= 0.3 is 11.4 Å². The molecule has 0 bridgehead atoms. The van der Waals surface area contributed by atoms with Gasteiger partial charge in [0.25, 0.3) is 5.69 Å². The standard InChI is InChI=1S/C15H10N2O5/c18-14-12-3-1-2-4-13(12)16(15(19)22-14)9-10-5-7-11(8-6-10)17(20)21/h1-8H,9H2. The van der Waals surface area contributed by atoms with Crippen molar-refractivity contribution >= 4 is 16.6 Å². The Balaban J connectivity index is 2.09. The van der Waals surface area contributed by atoms with Crippen molar-refractivity contribution in [3.05, 3.63) is 85.2 Å². The van der Waals surface area contributed by atoms with Crippen molar-refractivity contribution in [2.75, 3.05) is 0 Å². The van der Waals surface area contributed by atoms with Gasteiger partial charge in [-0.25, -0.2) is 9.59 Å². The van der Waals surface area contributed by atoms with Crippen LogP contribution < -0.4 is 11.4 Å². The molecule has 0 aliphatic heterocycles. The molecular formula is C15H10N2O5. The van der Waals surface area contributed by atoms with Gasteiger partial charge in [0.1, 0.15) is 0 Å². The highest BCUT2D eigenvalue weighted by Crippen LogP contribution is 2.14. The van der Waals surface area contributed by atoms with E-state index in [2.05, 4.69) is 0 Å². The van der Waals surface area contributed by atoms with Crippen molar-refractivity contribution in [1.82, 2.24) is 4.57 Å². The van der Waals surface area contributed by atoms with Crippen LogP contribution in [-0.4, -0.2) is 9.49 Å². The summed E-state index contributed by atoms with van der Waals surface area (Å²) in [6.07, 6.45) is 0. The number of benzene rings is 2. The van der Waals surface area contributed by atoms with Crippen molar-refractivity contribution in [3.63, 3.8) is 0 Å². The fourth-order valence-corrected chi connectivity index (χ4v) is 2.22. The van der Waals surface area contributed by atoms with Crippen LogP contribution in [0.25, 0.3) is 10.9 Å². The number of aromatic nitrogens is 1. The largest absolute Gasteiger partial charge is 0.422 e. The Kier molecular flexibility index (Phi) is 3.30. The van der Waals surface area contributed by atoms with E-state index in [0.717, 1.165) is 0 Å². The SMILES string of the molecule is O=c1oc(=O)n(Cc2ccc([N+](=O)[O-])cc2)c2ccccc12. The second-order valence-electron chi connectivity index (χ2n) is 4.68. The van der Waals surface area contributed by atoms with E-state index in [1.165, 1.54) is 16.7 Å². The van der Waals surface area contributed by atoms with Gasteiger partial charge in [0.15, 0.2) is 0 Å². The van der Waals surface area contributed by atoms with Gasteiger partial charge < -0.3 is 4.42 Å². The molecule has 7 nitrogen and oxygen atoms in total. The van der Waals surface area contributed by atoms with E-state index in [1.807, 2.05) is 0 Å². The van der Waals surface area contributed by atoms with Crippen LogP contribution in [0.1, 0.15) is 5.56 Å². The topological polar surface area (TPSA) is 95.3 Å². The Morgan fingerprint density at radius 3 is 2.41 bits per heavy atom. The molecule has 0 aliphatic rings. The number of hydrogen-bond donors (Lipinski definition) is 0. The van der Waals surface area contributed by atoms with Crippen LogP contribution in [0, 0.1) is 10.1 Å². The molecule has 1 heterocycles. The average molecular weight is 298 g/mol. The average Bonchev–Trinajstić information content (AvgIpc) is 2.52. The van der Waals surface area contributed by atoms with Crippen LogP contribution in [0.5, 0.6) is 0 Å². The van der Waals surface area contributed by atoms with E-state index < -0.39 is 16.3 Å². The lowest BCUT2D eigenvalue weighted by atomic mass is 10.2. The Bertz CT molecular complexity index is 970. The van der Waals surface area contributed by atoms with Crippen molar-refractivity contribution in [2.45, 2.75) is 6.54 Å². The molecule has 110 valence electrons. The lowest BCUT2D eigenvalue weighted by Crippen LogP contribution is -2.25. The number of non-ortho nitro benzene ring substituents is 1. The quantitative estimate of drug-likeness (QED) is 0.543. The lowest BCUT2D eigenvalue weighted by molar-refractivity contribution is -0.384. The molecule has 0 saturated carbocycles. The molecule has 0 unspecified atom stereocenters. The second kappa shape index (κ2) is 5.28. The summed E-state index contributed by atoms with van der Waals surface area (Å²) >= 11 is 0. The molecular weight excluding hydrogens is 288 g/mol. The van der Waals surface area contributed by atoms with Crippen LogP contribution in [0.4, 0.5) is 5.69 Å². The maximum absolute atomic E-state index is 11.9. The Hall–Kier alpha value is -3.22. The minimum Gasteiger partial charge on any atom is -0.372 e. The highest BCUT2D eigenvalue weighted by atomic mass is 16.6. The first kappa shape index (κ1) is 13.7. The molecule has 0 atom stereocenters. The Morgan fingerprint density at radius 2 is 1.73 bits per heavy atom. The van der Waals surface area contributed by atoms with Crippen LogP contribution >= 0.6 is 0 Å². The Labute approximate surface area is 123 Å². The summed E-state index contributed by atoms with van der Waals surface area (Å²) in [7, 11) is 0. The molecule has 0 N–H and O–H groups in total. The van der Waals surface area contributed by atoms with Crippen LogP contribution in [-0.2, 0) is 6.54 Å². The van der Waals surface area contributed by atoms with Gasteiger partial charge in [-0.2, -0.15) is 0 Å². The molecule has 0 radical (unpaired) electrons. The molecule has 0 spiro atoms. The summed E-state index contributed by atoms with van der Waals surface area (Å²) in [5, 5.41) is 10.9. The smallest absolute Gasteiger partial charge is 0.372 e. The Morgan fingerprint density at radius 1 is 1.05 bits per heavy atom. The zero-order valence-corrected chi connectivity index (χ0v) is 11.3. The summed E-state index contributed by atoms with van der Waals surface area (Å²) in [6, 6.07) is 12.5. The zero-order valence-electron chi connectivity index (χ0n) is 11.3. The summed E-state index contributed by atoms with van der Waals surface area (Å²) in [5.41, 5.74) is 0.440. The number of hydrogen-bond acceptors (Lipinski definition) is 5. The van der Waals surface area contributed by atoms with E-state index in [0.29, 0.717) is 16.5 Å². The minimum atomic E-state index is -0.762. The molecule has 3 aromatic rings. The van der Waals surface area contributed by atoms with Gasteiger partial charge in [-0.15, -0.1) is 0 Å². The third kappa shape index (κ3) is 2.39.